The Hall–Kier alpha value is -1.69. The minimum Gasteiger partial charge on any atom is -0.342 e. The Balaban J connectivity index is 1.57. The van der Waals surface area contributed by atoms with Crippen molar-refractivity contribution >= 4 is 17.2 Å². The maximum atomic E-state index is 12.5. The highest BCUT2D eigenvalue weighted by Crippen LogP contribution is 2.30. The number of carbonyl (C=O) groups is 1. The molecule has 22 heavy (non-hydrogen) atoms. The van der Waals surface area contributed by atoms with Crippen molar-refractivity contribution in [1.29, 1.82) is 0 Å². The van der Waals surface area contributed by atoms with Crippen molar-refractivity contribution in [3.8, 4) is 0 Å². The van der Waals surface area contributed by atoms with Crippen molar-refractivity contribution in [2.24, 2.45) is 7.05 Å². The van der Waals surface area contributed by atoms with E-state index >= 15 is 0 Å². The summed E-state index contributed by atoms with van der Waals surface area (Å²) in [6.45, 7) is 3.78. The Kier molecular flexibility index (Phi) is 4.57. The lowest BCUT2D eigenvalue weighted by Crippen LogP contribution is -2.39. The molecule has 6 heteroatoms. The van der Waals surface area contributed by atoms with Crippen LogP contribution < -0.4 is 0 Å². The smallest absolute Gasteiger partial charge is 0.222 e. The highest BCUT2D eigenvalue weighted by Gasteiger charge is 2.26. The number of carbonyl (C=O) groups excluding carboxylic acids is 1. The number of nitrogens with zero attached hydrogens (tertiary/aromatic N) is 4. The predicted octanol–water partition coefficient (Wildman–Crippen LogP) is 2.52. The van der Waals surface area contributed by atoms with Crippen LogP contribution in [0, 0.1) is 6.92 Å². The van der Waals surface area contributed by atoms with Crippen LogP contribution in [0.2, 0.25) is 0 Å². The number of aromatic nitrogens is 3. The van der Waals surface area contributed by atoms with E-state index in [9.17, 15) is 4.79 Å². The normalized spacial score (nSPS) is 18.6. The van der Waals surface area contributed by atoms with Crippen LogP contribution in [0.15, 0.2) is 18.5 Å². The van der Waals surface area contributed by atoms with Crippen molar-refractivity contribution in [1.82, 2.24) is 19.7 Å². The topological polar surface area (TPSA) is 51.0 Å². The minimum absolute atomic E-state index is 0.249. The lowest BCUT2D eigenvalue weighted by Gasteiger charge is -2.32. The molecule has 1 unspecified atom stereocenters. The Labute approximate surface area is 135 Å². The molecule has 0 radical (unpaired) electrons. The predicted molar refractivity (Wildman–Crippen MR) is 86.9 cm³/mol. The number of thiazole rings is 1. The average Bonchev–Trinajstić information content (AvgIpc) is 3.13. The summed E-state index contributed by atoms with van der Waals surface area (Å²) in [5.74, 6) is 0.660. The summed E-state index contributed by atoms with van der Waals surface area (Å²) in [6, 6.07) is 1.98. The maximum Gasteiger partial charge on any atom is 0.222 e. The number of likely N-dealkylation sites (tertiary alicyclic amines) is 1. The van der Waals surface area contributed by atoms with E-state index in [1.165, 1.54) is 9.88 Å². The zero-order valence-corrected chi connectivity index (χ0v) is 14.0. The van der Waals surface area contributed by atoms with Crippen molar-refractivity contribution in [2.75, 3.05) is 13.1 Å². The number of hydrogen-bond donors (Lipinski definition) is 0. The van der Waals surface area contributed by atoms with E-state index in [-0.39, 0.29) is 5.91 Å². The van der Waals surface area contributed by atoms with Crippen molar-refractivity contribution in [3.63, 3.8) is 0 Å². The molecule has 1 atom stereocenters. The van der Waals surface area contributed by atoms with Crippen LogP contribution in [0.4, 0.5) is 0 Å². The maximum absolute atomic E-state index is 12.5. The summed E-state index contributed by atoms with van der Waals surface area (Å²) in [6.07, 6.45) is 7.24. The molecule has 0 aromatic carbocycles. The molecule has 1 aliphatic heterocycles. The van der Waals surface area contributed by atoms with Gasteiger partial charge < -0.3 is 4.90 Å². The van der Waals surface area contributed by atoms with E-state index in [1.54, 1.807) is 17.5 Å². The van der Waals surface area contributed by atoms with Crippen LogP contribution in [-0.4, -0.2) is 38.7 Å². The summed E-state index contributed by atoms with van der Waals surface area (Å²) < 4.78 is 1.84. The first-order valence-electron chi connectivity index (χ1n) is 7.80. The van der Waals surface area contributed by atoms with Crippen molar-refractivity contribution in [2.45, 2.75) is 38.5 Å². The first-order chi connectivity index (χ1) is 10.6. The van der Waals surface area contributed by atoms with Gasteiger partial charge in [-0.05, 0) is 32.3 Å². The number of piperidine rings is 1. The van der Waals surface area contributed by atoms with E-state index < -0.39 is 0 Å². The summed E-state index contributed by atoms with van der Waals surface area (Å²) in [5, 5.41) is 5.33. The Morgan fingerprint density at radius 3 is 3.05 bits per heavy atom. The van der Waals surface area contributed by atoms with Gasteiger partial charge in [0.15, 0.2) is 0 Å². The minimum atomic E-state index is 0.249. The van der Waals surface area contributed by atoms with E-state index in [0.717, 1.165) is 38.0 Å². The van der Waals surface area contributed by atoms with E-state index in [2.05, 4.69) is 17.0 Å². The second-order valence-electron chi connectivity index (χ2n) is 5.93. The molecule has 5 nitrogen and oxygen atoms in total. The zero-order valence-electron chi connectivity index (χ0n) is 13.2. The lowest BCUT2D eigenvalue weighted by molar-refractivity contribution is -0.132. The molecule has 3 heterocycles. The second-order valence-corrected chi connectivity index (χ2v) is 7.20. The van der Waals surface area contributed by atoms with Gasteiger partial charge in [-0.1, -0.05) is 0 Å². The van der Waals surface area contributed by atoms with Gasteiger partial charge in [-0.2, -0.15) is 5.10 Å². The molecule has 0 aliphatic carbocycles. The number of aryl methyl sites for hydroxylation is 3. The number of amides is 1. The molecule has 3 rings (SSSR count). The van der Waals surface area contributed by atoms with Crippen molar-refractivity contribution in [3.05, 3.63) is 34.0 Å². The number of hydrogen-bond acceptors (Lipinski definition) is 4. The monoisotopic (exact) mass is 318 g/mol. The van der Waals surface area contributed by atoms with Gasteiger partial charge in [-0.15, -0.1) is 11.3 Å². The molecular weight excluding hydrogens is 296 g/mol. The standard InChI is InChI=1S/C16H22N4OS/c1-12-10-17-16(22-12)13-4-3-9-20(11-13)15(21)6-5-14-7-8-18-19(14)2/h7-8,10,13H,3-6,9,11H2,1-2H3. The first-order valence-corrected chi connectivity index (χ1v) is 8.62. The molecule has 1 saturated heterocycles. The van der Waals surface area contributed by atoms with Gasteiger partial charge in [0, 0.05) is 55.4 Å². The van der Waals surface area contributed by atoms with Crippen LogP contribution >= 0.6 is 11.3 Å². The fraction of sp³-hybridized carbons (Fsp3) is 0.562. The third-order valence-electron chi connectivity index (χ3n) is 4.28. The van der Waals surface area contributed by atoms with Gasteiger partial charge >= 0.3 is 0 Å². The zero-order chi connectivity index (χ0) is 15.5. The molecule has 1 fully saturated rings. The highest BCUT2D eigenvalue weighted by atomic mass is 32.1. The Morgan fingerprint density at radius 2 is 2.36 bits per heavy atom. The van der Waals surface area contributed by atoms with Gasteiger partial charge in [0.2, 0.25) is 5.91 Å². The SMILES string of the molecule is Cc1cnc(C2CCCN(C(=O)CCc3ccnn3C)C2)s1. The van der Waals surface area contributed by atoms with Crippen molar-refractivity contribution < 1.29 is 4.79 Å². The van der Waals surface area contributed by atoms with Crippen LogP contribution in [0.3, 0.4) is 0 Å². The third kappa shape index (κ3) is 3.38. The fourth-order valence-corrected chi connectivity index (χ4v) is 3.91. The molecule has 0 N–H and O–H groups in total. The van der Waals surface area contributed by atoms with E-state index in [0.29, 0.717) is 12.3 Å². The van der Waals surface area contributed by atoms with Crippen LogP contribution in [0.25, 0.3) is 0 Å². The van der Waals surface area contributed by atoms with E-state index in [4.69, 9.17) is 0 Å². The van der Waals surface area contributed by atoms with Gasteiger partial charge in [-0.25, -0.2) is 4.98 Å². The van der Waals surface area contributed by atoms with Gasteiger partial charge in [-0.3, -0.25) is 9.48 Å². The van der Waals surface area contributed by atoms with Crippen LogP contribution in [0.5, 0.6) is 0 Å². The molecule has 0 spiro atoms. The molecule has 2 aromatic heterocycles. The molecule has 2 aromatic rings. The summed E-state index contributed by atoms with van der Waals surface area (Å²) >= 11 is 1.76. The molecule has 0 bridgehead atoms. The Morgan fingerprint density at radius 1 is 1.50 bits per heavy atom. The first kappa shape index (κ1) is 15.2. The Bertz CT molecular complexity index is 648. The third-order valence-corrected chi connectivity index (χ3v) is 5.36. The van der Waals surface area contributed by atoms with Gasteiger partial charge in [0.25, 0.3) is 0 Å². The van der Waals surface area contributed by atoms with Crippen LogP contribution in [0.1, 0.15) is 40.8 Å². The summed E-state index contributed by atoms with van der Waals surface area (Å²) in [7, 11) is 1.92. The molecule has 0 saturated carbocycles. The average molecular weight is 318 g/mol. The van der Waals surface area contributed by atoms with Crippen LogP contribution in [-0.2, 0) is 18.3 Å². The summed E-state index contributed by atoms with van der Waals surface area (Å²) in [5.41, 5.74) is 1.11. The highest BCUT2D eigenvalue weighted by molar-refractivity contribution is 7.11. The van der Waals surface area contributed by atoms with E-state index in [1.807, 2.05) is 28.9 Å². The molecule has 118 valence electrons. The van der Waals surface area contributed by atoms with Gasteiger partial charge in [0.05, 0.1) is 5.01 Å². The lowest BCUT2D eigenvalue weighted by atomic mass is 9.98. The number of rotatable bonds is 4. The molecule has 1 aliphatic rings. The quantitative estimate of drug-likeness (QED) is 0.870. The van der Waals surface area contributed by atoms with Gasteiger partial charge in [0.1, 0.15) is 0 Å². The fourth-order valence-electron chi connectivity index (χ4n) is 3.01. The molecular formula is C16H22N4OS. The summed E-state index contributed by atoms with van der Waals surface area (Å²) in [4.78, 5) is 20.2. The second kappa shape index (κ2) is 6.60. The molecule has 1 amide bonds. The largest absolute Gasteiger partial charge is 0.342 e.